The van der Waals surface area contributed by atoms with E-state index in [9.17, 15) is 0 Å². The van der Waals surface area contributed by atoms with E-state index in [1.807, 2.05) is 20.0 Å². The molecule has 0 spiro atoms. The number of hydrogen-bond acceptors (Lipinski definition) is 6. The van der Waals surface area contributed by atoms with Gasteiger partial charge in [-0.3, -0.25) is 0 Å². The van der Waals surface area contributed by atoms with Crippen LogP contribution in [0.2, 0.25) is 0 Å². The molecule has 0 saturated carbocycles. The topological polar surface area (TPSA) is 75.6 Å². The minimum atomic E-state index is -0.107. The van der Waals surface area contributed by atoms with Crippen LogP contribution < -0.4 is 10.6 Å². The van der Waals surface area contributed by atoms with Gasteiger partial charge in [0.1, 0.15) is 23.8 Å². The quantitative estimate of drug-likeness (QED) is 0.899. The fourth-order valence-corrected chi connectivity index (χ4v) is 1.86. The van der Waals surface area contributed by atoms with E-state index in [-0.39, 0.29) is 5.41 Å². The predicted molar refractivity (Wildman–Crippen MR) is 84.4 cm³/mol. The molecule has 6 nitrogen and oxygen atoms in total. The first-order valence-corrected chi connectivity index (χ1v) is 6.97. The van der Waals surface area contributed by atoms with Crippen molar-refractivity contribution in [3.63, 3.8) is 0 Å². The smallest absolute Gasteiger partial charge is 0.138 e. The second-order valence-corrected chi connectivity index (χ2v) is 5.92. The van der Waals surface area contributed by atoms with Gasteiger partial charge in [0.2, 0.25) is 0 Å². The van der Waals surface area contributed by atoms with E-state index in [2.05, 4.69) is 51.3 Å². The molecule has 6 heteroatoms. The molecule has 0 radical (unpaired) electrons. The zero-order valence-corrected chi connectivity index (χ0v) is 13.2. The van der Waals surface area contributed by atoms with E-state index < -0.39 is 0 Å². The molecular weight excluding hydrogens is 264 g/mol. The third-order valence-electron chi connectivity index (χ3n) is 3.13. The van der Waals surface area contributed by atoms with Crippen LogP contribution >= 0.6 is 0 Å². The highest BCUT2D eigenvalue weighted by Gasteiger charge is 2.20. The Hall–Kier alpha value is -2.24. The van der Waals surface area contributed by atoms with Crippen LogP contribution in [0.15, 0.2) is 18.6 Å². The first-order chi connectivity index (χ1) is 9.91. The fraction of sp³-hybridized carbons (Fsp3) is 0.467. The number of nitrogens with zero attached hydrogens (tertiary/aromatic N) is 4. The third kappa shape index (κ3) is 3.65. The van der Waals surface area contributed by atoms with Crippen molar-refractivity contribution in [3.8, 4) is 0 Å². The summed E-state index contributed by atoms with van der Waals surface area (Å²) >= 11 is 0. The lowest BCUT2D eigenvalue weighted by molar-refractivity contribution is 0.546. The molecule has 2 N–H and O–H groups in total. The molecule has 2 rings (SSSR count). The van der Waals surface area contributed by atoms with Crippen LogP contribution in [0.5, 0.6) is 0 Å². The molecule has 2 aromatic rings. The molecule has 0 aliphatic rings. The Balaban J connectivity index is 2.29. The van der Waals surface area contributed by atoms with Gasteiger partial charge in [0.25, 0.3) is 0 Å². The fourth-order valence-electron chi connectivity index (χ4n) is 1.86. The summed E-state index contributed by atoms with van der Waals surface area (Å²) < 4.78 is 0. The van der Waals surface area contributed by atoms with Gasteiger partial charge in [-0.15, -0.1) is 0 Å². The Bertz CT molecular complexity index is 604. The van der Waals surface area contributed by atoms with Gasteiger partial charge in [0, 0.05) is 24.2 Å². The summed E-state index contributed by atoms with van der Waals surface area (Å²) in [6.07, 6.45) is 3.28. The van der Waals surface area contributed by atoms with Gasteiger partial charge in [-0.2, -0.15) is 0 Å². The normalized spacial score (nSPS) is 11.3. The van der Waals surface area contributed by atoms with Crippen molar-refractivity contribution in [2.75, 3.05) is 17.7 Å². The highest BCUT2D eigenvalue weighted by atomic mass is 15.1. The van der Waals surface area contributed by atoms with Crippen molar-refractivity contribution in [1.29, 1.82) is 0 Å². The van der Waals surface area contributed by atoms with Gasteiger partial charge in [0.05, 0.1) is 12.2 Å². The number of aromatic nitrogens is 4. The van der Waals surface area contributed by atoms with E-state index in [1.54, 1.807) is 12.5 Å². The largest absolute Gasteiger partial charge is 0.373 e. The van der Waals surface area contributed by atoms with Crippen molar-refractivity contribution in [1.82, 2.24) is 19.9 Å². The van der Waals surface area contributed by atoms with Crippen LogP contribution in [0, 0.1) is 6.92 Å². The highest BCUT2D eigenvalue weighted by Crippen LogP contribution is 2.26. The summed E-state index contributed by atoms with van der Waals surface area (Å²) in [6.45, 7) is 8.91. The molecule has 2 aromatic heterocycles. The maximum atomic E-state index is 4.66. The van der Waals surface area contributed by atoms with Crippen molar-refractivity contribution in [3.05, 3.63) is 35.7 Å². The van der Waals surface area contributed by atoms with Gasteiger partial charge < -0.3 is 10.6 Å². The van der Waals surface area contributed by atoms with Gasteiger partial charge in [-0.05, 0) is 13.0 Å². The zero-order chi connectivity index (χ0) is 15.5. The monoisotopic (exact) mass is 286 g/mol. The Morgan fingerprint density at radius 2 is 1.86 bits per heavy atom. The van der Waals surface area contributed by atoms with E-state index in [0.29, 0.717) is 6.54 Å². The second-order valence-electron chi connectivity index (χ2n) is 5.92. The maximum absolute atomic E-state index is 4.66. The second kappa shape index (κ2) is 6.03. The van der Waals surface area contributed by atoms with Gasteiger partial charge in [0.15, 0.2) is 0 Å². The Morgan fingerprint density at radius 3 is 2.43 bits per heavy atom. The van der Waals surface area contributed by atoms with Crippen LogP contribution in [0.4, 0.5) is 11.6 Å². The molecule has 21 heavy (non-hydrogen) atoms. The van der Waals surface area contributed by atoms with E-state index in [1.165, 1.54) is 0 Å². The molecule has 0 fully saturated rings. The molecule has 0 atom stereocenters. The Morgan fingerprint density at radius 1 is 1.14 bits per heavy atom. The first kappa shape index (κ1) is 15.2. The van der Waals surface area contributed by atoms with Crippen LogP contribution in [0.3, 0.4) is 0 Å². The predicted octanol–water partition coefficient (Wildman–Crippen LogP) is 2.53. The summed E-state index contributed by atoms with van der Waals surface area (Å²) in [5.41, 5.74) is 1.82. The van der Waals surface area contributed by atoms with Gasteiger partial charge in [-0.25, -0.2) is 19.9 Å². The van der Waals surface area contributed by atoms with Crippen LogP contribution in [-0.2, 0) is 12.0 Å². The molecule has 0 aliphatic carbocycles. The van der Waals surface area contributed by atoms with Crippen molar-refractivity contribution < 1.29 is 0 Å². The first-order valence-electron chi connectivity index (χ1n) is 6.97. The van der Waals surface area contributed by atoms with Gasteiger partial charge >= 0.3 is 0 Å². The third-order valence-corrected chi connectivity index (χ3v) is 3.13. The Kier molecular flexibility index (Phi) is 4.35. The molecule has 0 bridgehead atoms. The standard InChI is InChI=1S/C15H22N6/c1-10-12(16-5)20-14(15(2,3)4)21-13(10)18-8-11-6-7-17-9-19-11/h6-7,9H,8H2,1-5H3,(H2,16,18,20,21). The molecule has 0 saturated heterocycles. The highest BCUT2D eigenvalue weighted by molar-refractivity contribution is 5.57. The summed E-state index contributed by atoms with van der Waals surface area (Å²) in [5.74, 6) is 2.49. The summed E-state index contributed by atoms with van der Waals surface area (Å²) in [7, 11) is 1.87. The summed E-state index contributed by atoms with van der Waals surface area (Å²) in [6, 6.07) is 1.88. The molecule has 112 valence electrons. The lowest BCUT2D eigenvalue weighted by atomic mass is 9.95. The Labute approximate surface area is 125 Å². The lowest BCUT2D eigenvalue weighted by Gasteiger charge is -2.20. The maximum Gasteiger partial charge on any atom is 0.138 e. The number of hydrogen-bond donors (Lipinski definition) is 2. The minimum absolute atomic E-state index is 0.107. The molecule has 0 aromatic carbocycles. The van der Waals surface area contributed by atoms with Crippen LogP contribution in [0.25, 0.3) is 0 Å². The van der Waals surface area contributed by atoms with E-state index in [4.69, 9.17) is 0 Å². The van der Waals surface area contributed by atoms with Crippen LogP contribution in [0.1, 0.15) is 37.9 Å². The molecule has 0 unspecified atom stereocenters. The van der Waals surface area contributed by atoms with Crippen LogP contribution in [-0.4, -0.2) is 27.0 Å². The molecule has 0 amide bonds. The lowest BCUT2D eigenvalue weighted by Crippen LogP contribution is -2.19. The molecule has 2 heterocycles. The van der Waals surface area contributed by atoms with E-state index >= 15 is 0 Å². The molecule has 0 aliphatic heterocycles. The summed E-state index contributed by atoms with van der Waals surface area (Å²) in [4.78, 5) is 17.4. The zero-order valence-electron chi connectivity index (χ0n) is 13.2. The van der Waals surface area contributed by atoms with E-state index in [0.717, 1.165) is 28.7 Å². The summed E-state index contributed by atoms with van der Waals surface area (Å²) in [5, 5.41) is 6.46. The van der Waals surface area contributed by atoms with Crippen molar-refractivity contribution in [2.24, 2.45) is 0 Å². The number of rotatable bonds is 4. The van der Waals surface area contributed by atoms with Gasteiger partial charge in [-0.1, -0.05) is 20.8 Å². The average molecular weight is 286 g/mol. The minimum Gasteiger partial charge on any atom is -0.373 e. The van der Waals surface area contributed by atoms with Crippen molar-refractivity contribution in [2.45, 2.75) is 39.7 Å². The van der Waals surface area contributed by atoms with Crippen molar-refractivity contribution >= 4 is 11.6 Å². The number of nitrogens with one attached hydrogen (secondary N) is 2. The SMILES string of the molecule is CNc1nc(C(C)(C)C)nc(NCc2ccncn2)c1C. The number of anilines is 2. The average Bonchev–Trinajstić information content (AvgIpc) is 2.46. The molecular formula is C15H22N6.